The molecule has 0 amide bonds. The molecule has 2 nitrogen and oxygen atoms in total. The molecule has 2 fully saturated rings. The molecule has 25 heavy (non-hydrogen) atoms. The van der Waals surface area contributed by atoms with Gasteiger partial charge in [-0.25, -0.2) is 0 Å². The molecule has 2 aliphatic rings. The van der Waals surface area contributed by atoms with Crippen molar-refractivity contribution in [2.75, 3.05) is 5.75 Å². The van der Waals surface area contributed by atoms with E-state index in [2.05, 4.69) is 58.0 Å². The number of thioether (sulfide) groups is 1. The van der Waals surface area contributed by atoms with Gasteiger partial charge in [0.05, 0.1) is 11.2 Å². The van der Waals surface area contributed by atoms with Crippen molar-refractivity contribution in [3.05, 3.63) is 30.3 Å². The van der Waals surface area contributed by atoms with Crippen molar-refractivity contribution in [1.82, 2.24) is 0 Å². The molecule has 4 heteroatoms. The van der Waals surface area contributed by atoms with E-state index in [4.69, 9.17) is 9.31 Å². The first-order chi connectivity index (χ1) is 11.9. The fraction of sp³-hybridized carbons (Fsp3) is 0.714. The van der Waals surface area contributed by atoms with E-state index in [0.29, 0.717) is 5.82 Å². The molecule has 138 valence electrons. The first-order valence-electron chi connectivity index (χ1n) is 9.92. The highest BCUT2D eigenvalue weighted by Gasteiger charge is 2.54. The maximum absolute atomic E-state index is 6.45. The van der Waals surface area contributed by atoms with Crippen molar-refractivity contribution in [1.29, 1.82) is 0 Å². The molecule has 1 saturated carbocycles. The summed E-state index contributed by atoms with van der Waals surface area (Å²) in [5.41, 5.74) is -0.450. The number of hydrogen-bond donors (Lipinski definition) is 0. The van der Waals surface area contributed by atoms with E-state index in [1.165, 1.54) is 43.4 Å². The van der Waals surface area contributed by atoms with Crippen LogP contribution in [0.2, 0.25) is 5.82 Å². The molecule has 1 atom stereocenters. The van der Waals surface area contributed by atoms with Crippen LogP contribution in [0.25, 0.3) is 0 Å². The molecule has 0 radical (unpaired) electrons. The van der Waals surface area contributed by atoms with Crippen LogP contribution in [-0.2, 0) is 9.31 Å². The average molecular weight is 360 g/mol. The molecule has 1 aliphatic carbocycles. The van der Waals surface area contributed by atoms with Crippen LogP contribution in [0.4, 0.5) is 0 Å². The zero-order chi connectivity index (χ0) is 17.9. The smallest absolute Gasteiger partial charge is 0.403 e. The summed E-state index contributed by atoms with van der Waals surface area (Å²) in [6, 6.07) is 10.7. The summed E-state index contributed by atoms with van der Waals surface area (Å²) in [5.74, 6) is 2.40. The van der Waals surface area contributed by atoms with Gasteiger partial charge >= 0.3 is 7.12 Å². The van der Waals surface area contributed by atoms with Gasteiger partial charge in [-0.15, -0.1) is 11.8 Å². The lowest BCUT2D eigenvalue weighted by molar-refractivity contribution is 0.00578. The fourth-order valence-electron chi connectivity index (χ4n) is 4.05. The standard InChI is InChI=1S/C21H33BO2S/c1-20(2)21(3,4)24-22(23-20)19(17-11-7-5-8-12-17)15-16-25-18-13-9-6-10-14-18/h6,9-10,13-14,17,19H,5,7-8,11-12,15-16H2,1-4H3. The van der Waals surface area contributed by atoms with Gasteiger partial charge in [0.15, 0.2) is 0 Å². The van der Waals surface area contributed by atoms with Gasteiger partial charge in [-0.1, -0.05) is 50.3 Å². The lowest BCUT2D eigenvalue weighted by atomic mass is 9.60. The van der Waals surface area contributed by atoms with E-state index >= 15 is 0 Å². The molecule has 0 N–H and O–H groups in total. The summed E-state index contributed by atoms with van der Waals surface area (Å²) in [5, 5.41) is 0. The van der Waals surface area contributed by atoms with Crippen LogP contribution in [0.3, 0.4) is 0 Å². The maximum atomic E-state index is 6.45. The molecule has 1 heterocycles. The molecule has 1 aromatic carbocycles. The van der Waals surface area contributed by atoms with Crippen LogP contribution in [0.5, 0.6) is 0 Å². The third-order valence-electron chi connectivity index (χ3n) is 6.34. The highest BCUT2D eigenvalue weighted by Crippen LogP contribution is 2.46. The molecule has 0 bridgehead atoms. The zero-order valence-corrected chi connectivity index (χ0v) is 17.1. The molecule has 0 aromatic heterocycles. The molecule has 1 aromatic rings. The van der Waals surface area contributed by atoms with Crippen molar-refractivity contribution < 1.29 is 9.31 Å². The van der Waals surface area contributed by atoms with E-state index in [9.17, 15) is 0 Å². The van der Waals surface area contributed by atoms with Crippen molar-refractivity contribution >= 4 is 18.9 Å². The third kappa shape index (κ3) is 4.64. The number of benzene rings is 1. The molecule has 1 aliphatic heterocycles. The van der Waals surface area contributed by atoms with Gasteiger partial charge in [0.1, 0.15) is 0 Å². The quantitative estimate of drug-likeness (QED) is 0.444. The van der Waals surface area contributed by atoms with Gasteiger partial charge in [0.2, 0.25) is 0 Å². The lowest BCUT2D eigenvalue weighted by Gasteiger charge is -2.32. The molecule has 1 unspecified atom stereocenters. The van der Waals surface area contributed by atoms with Gasteiger partial charge < -0.3 is 9.31 Å². The first kappa shape index (κ1) is 19.3. The van der Waals surface area contributed by atoms with Crippen molar-refractivity contribution in [2.24, 2.45) is 5.92 Å². The average Bonchev–Trinajstić information content (AvgIpc) is 2.81. The molecular formula is C21H33BO2S. The van der Waals surface area contributed by atoms with Crippen LogP contribution in [0.15, 0.2) is 35.2 Å². The van der Waals surface area contributed by atoms with Crippen molar-refractivity contribution in [3.63, 3.8) is 0 Å². The topological polar surface area (TPSA) is 18.5 Å². The summed E-state index contributed by atoms with van der Waals surface area (Å²) >= 11 is 1.96. The van der Waals surface area contributed by atoms with Crippen LogP contribution in [-0.4, -0.2) is 24.1 Å². The predicted octanol–water partition coefficient (Wildman–Crippen LogP) is 6.21. The van der Waals surface area contributed by atoms with Gasteiger partial charge in [0, 0.05) is 4.90 Å². The highest BCUT2D eigenvalue weighted by atomic mass is 32.2. The zero-order valence-electron chi connectivity index (χ0n) is 16.3. The van der Waals surface area contributed by atoms with Crippen LogP contribution < -0.4 is 0 Å². The highest BCUT2D eigenvalue weighted by molar-refractivity contribution is 7.99. The van der Waals surface area contributed by atoms with Gasteiger partial charge in [-0.05, 0) is 63.7 Å². The van der Waals surface area contributed by atoms with Gasteiger partial charge in [0.25, 0.3) is 0 Å². The summed E-state index contributed by atoms with van der Waals surface area (Å²) in [6.07, 6.45) is 7.97. The van der Waals surface area contributed by atoms with Crippen LogP contribution in [0, 0.1) is 5.92 Å². The van der Waals surface area contributed by atoms with E-state index in [1.54, 1.807) is 0 Å². The van der Waals surface area contributed by atoms with Gasteiger partial charge in [-0.3, -0.25) is 0 Å². The largest absolute Gasteiger partial charge is 0.461 e. The van der Waals surface area contributed by atoms with Crippen LogP contribution in [0.1, 0.15) is 66.2 Å². The summed E-state index contributed by atoms with van der Waals surface area (Å²) in [6.45, 7) is 8.68. The Hall–Kier alpha value is -0.445. The Kier molecular flexibility index (Phi) is 6.23. The molecule has 0 spiro atoms. The Morgan fingerprint density at radius 2 is 1.60 bits per heavy atom. The fourth-order valence-corrected chi connectivity index (χ4v) is 5.02. The second-order valence-electron chi connectivity index (χ2n) is 8.64. The minimum Gasteiger partial charge on any atom is -0.403 e. The Balaban J connectivity index is 1.65. The molecule has 3 rings (SSSR count). The first-order valence-corrected chi connectivity index (χ1v) is 10.9. The predicted molar refractivity (Wildman–Crippen MR) is 108 cm³/mol. The number of rotatable bonds is 6. The second kappa shape index (κ2) is 8.06. The van der Waals surface area contributed by atoms with E-state index < -0.39 is 0 Å². The summed E-state index contributed by atoms with van der Waals surface area (Å²) in [7, 11) is -0.0514. The monoisotopic (exact) mass is 360 g/mol. The SMILES string of the molecule is CC1(C)OB(C(CCSc2ccccc2)C2CCCCC2)OC1(C)C. The van der Waals surface area contributed by atoms with Gasteiger partial charge in [-0.2, -0.15) is 0 Å². The van der Waals surface area contributed by atoms with Crippen molar-refractivity contribution in [3.8, 4) is 0 Å². The Bertz CT molecular complexity index is 524. The lowest BCUT2D eigenvalue weighted by Crippen LogP contribution is -2.41. The summed E-state index contributed by atoms with van der Waals surface area (Å²) in [4.78, 5) is 1.36. The Morgan fingerprint density at radius 1 is 1.00 bits per heavy atom. The second-order valence-corrected chi connectivity index (χ2v) is 9.81. The van der Waals surface area contributed by atoms with Crippen LogP contribution >= 0.6 is 11.8 Å². The normalized spacial score (nSPS) is 24.4. The van der Waals surface area contributed by atoms with E-state index in [-0.39, 0.29) is 18.3 Å². The molecule has 1 saturated heterocycles. The number of hydrogen-bond acceptors (Lipinski definition) is 3. The minimum absolute atomic E-state index is 0.0514. The van der Waals surface area contributed by atoms with E-state index in [1.807, 2.05) is 11.8 Å². The molecular weight excluding hydrogens is 327 g/mol. The third-order valence-corrected chi connectivity index (χ3v) is 7.38. The van der Waals surface area contributed by atoms with Crippen molar-refractivity contribution in [2.45, 2.75) is 88.1 Å². The Morgan fingerprint density at radius 3 is 2.20 bits per heavy atom. The summed E-state index contributed by atoms with van der Waals surface area (Å²) < 4.78 is 12.9. The Labute approximate surface area is 158 Å². The minimum atomic E-state index is -0.225. The van der Waals surface area contributed by atoms with E-state index in [0.717, 1.165) is 11.7 Å². The maximum Gasteiger partial charge on any atom is 0.461 e.